The van der Waals surface area contributed by atoms with E-state index in [4.69, 9.17) is 0 Å². The molecule has 136 valence electrons. The van der Waals surface area contributed by atoms with E-state index >= 15 is 0 Å². The van der Waals surface area contributed by atoms with Gasteiger partial charge in [0.2, 0.25) is 0 Å². The van der Waals surface area contributed by atoms with Crippen LogP contribution in [0.1, 0.15) is 18.4 Å². The van der Waals surface area contributed by atoms with Gasteiger partial charge in [0.05, 0.1) is 23.7 Å². The minimum absolute atomic E-state index is 0.159. The summed E-state index contributed by atoms with van der Waals surface area (Å²) in [5, 5.41) is 11.4. The van der Waals surface area contributed by atoms with Gasteiger partial charge < -0.3 is 19.6 Å². The Morgan fingerprint density at radius 3 is 2.88 bits per heavy atom. The first-order chi connectivity index (χ1) is 12.6. The van der Waals surface area contributed by atoms with E-state index in [1.807, 2.05) is 42.0 Å². The molecule has 0 spiro atoms. The van der Waals surface area contributed by atoms with Crippen molar-refractivity contribution in [1.82, 2.24) is 19.4 Å². The van der Waals surface area contributed by atoms with Crippen molar-refractivity contribution < 1.29 is 5.11 Å². The number of β-amino-alcohol motifs (C(OH)–C–C–N with tert-alkyl or cyclic N) is 1. The number of aliphatic hydroxyl groups is 1. The van der Waals surface area contributed by atoms with E-state index in [9.17, 15) is 9.90 Å². The summed E-state index contributed by atoms with van der Waals surface area (Å²) in [4.78, 5) is 22.3. The molecule has 0 aliphatic carbocycles. The van der Waals surface area contributed by atoms with Crippen LogP contribution in [0.2, 0.25) is 0 Å². The average molecular weight is 352 g/mol. The molecule has 1 fully saturated rings. The molecule has 3 aromatic rings. The number of H-pyrrole nitrogens is 1. The number of rotatable bonds is 5. The number of aliphatic hydroxyl groups excluding tert-OH is 1. The van der Waals surface area contributed by atoms with E-state index in [0.29, 0.717) is 24.5 Å². The van der Waals surface area contributed by atoms with E-state index in [0.717, 1.165) is 29.6 Å². The van der Waals surface area contributed by atoms with Crippen molar-refractivity contribution in [2.75, 3.05) is 19.6 Å². The molecule has 0 amide bonds. The Bertz CT molecular complexity index is 969. The summed E-state index contributed by atoms with van der Waals surface area (Å²) in [6.45, 7) is 5.17. The highest BCUT2D eigenvalue weighted by molar-refractivity contribution is 5.84. The summed E-state index contributed by atoms with van der Waals surface area (Å²) in [6.07, 6.45) is 5.42. The molecule has 1 saturated heterocycles. The topological polar surface area (TPSA) is 74.2 Å². The molecule has 1 unspecified atom stereocenters. The predicted molar refractivity (Wildman–Crippen MR) is 102 cm³/mol. The van der Waals surface area contributed by atoms with Crippen molar-refractivity contribution in [2.24, 2.45) is 0 Å². The van der Waals surface area contributed by atoms with Crippen LogP contribution >= 0.6 is 0 Å². The maximum Gasteiger partial charge on any atom is 0.259 e. The Morgan fingerprint density at radius 2 is 2.08 bits per heavy atom. The lowest BCUT2D eigenvalue weighted by Crippen LogP contribution is -2.32. The molecular formula is C20H24N4O2. The maximum absolute atomic E-state index is 12.6. The van der Waals surface area contributed by atoms with Crippen molar-refractivity contribution in [3.05, 3.63) is 52.6 Å². The van der Waals surface area contributed by atoms with E-state index in [2.05, 4.69) is 14.9 Å². The Morgan fingerprint density at radius 1 is 1.27 bits per heavy atom. The van der Waals surface area contributed by atoms with Gasteiger partial charge in [0.1, 0.15) is 5.82 Å². The molecule has 1 aromatic carbocycles. The fourth-order valence-electron chi connectivity index (χ4n) is 3.80. The van der Waals surface area contributed by atoms with Crippen LogP contribution < -0.4 is 5.56 Å². The molecular weight excluding hydrogens is 328 g/mol. The third-order valence-corrected chi connectivity index (χ3v) is 5.12. The number of para-hydroxylation sites is 1. The third kappa shape index (κ3) is 3.30. The largest absolute Gasteiger partial charge is 0.390 e. The summed E-state index contributed by atoms with van der Waals surface area (Å²) in [7, 11) is 0. The molecule has 0 bridgehead atoms. The fourth-order valence-corrected chi connectivity index (χ4v) is 3.80. The summed E-state index contributed by atoms with van der Waals surface area (Å²) >= 11 is 0. The number of benzene rings is 1. The number of pyridine rings is 1. The van der Waals surface area contributed by atoms with Crippen molar-refractivity contribution in [3.8, 4) is 11.4 Å². The summed E-state index contributed by atoms with van der Waals surface area (Å²) in [5.41, 5.74) is 2.26. The molecule has 1 aliphatic rings. The monoisotopic (exact) mass is 352 g/mol. The lowest BCUT2D eigenvalue weighted by molar-refractivity contribution is 0.109. The van der Waals surface area contributed by atoms with Gasteiger partial charge in [-0.25, -0.2) is 4.98 Å². The zero-order valence-electron chi connectivity index (χ0n) is 15.0. The van der Waals surface area contributed by atoms with Gasteiger partial charge in [0.25, 0.3) is 5.56 Å². The van der Waals surface area contributed by atoms with Gasteiger partial charge in [-0.05, 0) is 49.9 Å². The Balaban J connectivity index is 1.63. The Hall–Kier alpha value is -2.44. The fraction of sp³-hybridized carbons (Fsp3) is 0.400. The number of aromatic nitrogens is 3. The number of aromatic amines is 1. The van der Waals surface area contributed by atoms with Gasteiger partial charge in [0.15, 0.2) is 0 Å². The number of hydrogen-bond acceptors (Lipinski definition) is 4. The Kier molecular flexibility index (Phi) is 4.61. The molecule has 0 radical (unpaired) electrons. The number of imidazole rings is 1. The van der Waals surface area contributed by atoms with E-state index in [1.54, 1.807) is 6.20 Å². The molecule has 1 atom stereocenters. The van der Waals surface area contributed by atoms with E-state index in [-0.39, 0.29) is 5.56 Å². The molecule has 2 N–H and O–H groups in total. The SMILES string of the molecule is Cc1cccc2cc(-c3nccn3CC(O)CN3CCCC3)c(=O)[nH]c12. The van der Waals surface area contributed by atoms with Gasteiger partial charge >= 0.3 is 0 Å². The number of likely N-dealkylation sites (tertiary alicyclic amines) is 1. The highest BCUT2D eigenvalue weighted by Crippen LogP contribution is 2.21. The summed E-state index contributed by atoms with van der Waals surface area (Å²) < 4.78 is 1.87. The zero-order chi connectivity index (χ0) is 18.1. The molecule has 1 aliphatic heterocycles. The lowest BCUT2D eigenvalue weighted by Gasteiger charge is -2.20. The third-order valence-electron chi connectivity index (χ3n) is 5.12. The van der Waals surface area contributed by atoms with Crippen LogP contribution in [0.15, 0.2) is 41.5 Å². The molecule has 6 nitrogen and oxygen atoms in total. The smallest absolute Gasteiger partial charge is 0.259 e. The minimum atomic E-state index is -0.483. The van der Waals surface area contributed by atoms with Crippen LogP contribution in [0.25, 0.3) is 22.3 Å². The predicted octanol–water partition coefficient (Wildman–Crippen LogP) is 2.16. The van der Waals surface area contributed by atoms with Gasteiger partial charge in [-0.2, -0.15) is 0 Å². The van der Waals surface area contributed by atoms with Gasteiger partial charge in [-0.3, -0.25) is 4.79 Å². The van der Waals surface area contributed by atoms with Crippen molar-refractivity contribution >= 4 is 10.9 Å². The van der Waals surface area contributed by atoms with Crippen LogP contribution in [0.5, 0.6) is 0 Å². The molecule has 0 saturated carbocycles. The molecule has 6 heteroatoms. The molecule has 4 rings (SSSR count). The van der Waals surface area contributed by atoms with Gasteiger partial charge in [0, 0.05) is 18.9 Å². The van der Waals surface area contributed by atoms with Crippen LogP contribution in [0.4, 0.5) is 0 Å². The number of aryl methyl sites for hydroxylation is 1. The lowest BCUT2D eigenvalue weighted by atomic mass is 10.1. The molecule has 2 aromatic heterocycles. The van der Waals surface area contributed by atoms with Crippen LogP contribution in [-0.4, -0.2) is 50.3 Å². The number of nitrogens with one attached hydrogen (secondary N) is 1. The van der Waals surface area contributed by atoms with Gasteiger partial charge in [-0.15, -0.1) is 0 Å². The zero-order valence-corrected chi connectivity index (χ0v) is 15.0. The van der Waals surface area contributed by atoms with Crippen LogP contribution in [0, 0.1) is 6.92 Å². The van der Waals surface area contributed by atoms with E-state index < -0.39 is 6.10 Å². The first kappa shape index (κ1) is 17.0. The second-order valence-electron chi connectivity index (χ2n) is 7.12. The Labute approximate surface area is 152 Å². The minimum Gasteiger partial charge on any atom is -0.390 e. The maximum atomic E-state index is 12.6. The number of hydrogen-bond donors (Lipinski definition) is 2. The molecule has 3 heterocycles. The van der Waals surface area contributed by atoms with Crippen LogP contribution in [-0.2, 0) is 6.54 Å². The molecule has 26 heavy (non-hydrogen) atoms. The highest BCUT2D eigenvalue weighted by atomic mass is 16.3. The quantitative estimate of drug-likeness (QED) is 0.738. The van der Waals surface area contributed by atoms with Crippen molar-refractivity contribution in [1.29, 1.82) is 0 Å². The van der Waals surface area contributed by atoms with Gasteiger partial charge in [-0.1, -0.05) is 18.2 Å². The second kappa shape index (κ2) is 7.05. The number of fused-ring (bicyclic) bond motifs is 1. The first-order valence-corrected chi connectivity index (χ1v) is 9.16. The average Bonchev–Trinajstić information content (AvgIpc) is 3.27. The normalized spacial score (nSPS) is 16.4. The van der Waals surface area contributed by atoms with Crippen molar-refractivity contribution in [2.45, 2.75) is 32.4 Å². The first-order valence-electron chi connectivity index (χ1n) is 9.16. The standard InChI is InChI=1S/C20H24N4O2/c1-14-5-4-6-15-11-17(20(26)22-18(14)15)19-21-7-10-24(19)13-16(25)12-23-8-2-3-9-23/h4-7,10-11,16,25H,2-3,8-9,12-13H2,1H3,(H,22,26). The second-order valence-corrected chi connectivity index (χ2v) is 7.12. The number of nitrogens with zero attached hydrogens (tertiary/aromatic N) is 3. The summed E-state index contributed by atoms with van der Waals surface area (Å²) in [5.74, 6) is 0.593. The van der Waals surface area contributed by atoms with Crippen LogP contribution in [0.3, 0.4) is 0 Å². The summed E-state index contributed by atoms with van der Waals surface area (Å²) in [6, 6.07) is 7.82. The van der Waals surface area contributed by atoms with Crippen molar-refractivity contribution in [3.63, 3.8) is 0 Å². The highest BCUT2D eigenvalue weighted by Gasteiger charge is 2.18. The van der Waals surface area contributed by atoms with E-state index in [1.165, 1.54) is 12.8 Å².